The fourth-order valence-corrected chi connectivity index (χ4v) is 8.03. The molecule has 66 heavy (non-hydrogen) atoms. The second-order valence-electron chi connectivity index (χ2n) is 18.6. The number of hydrogen-bond donors (Lipinski definition) is 3. The Kier molecular flexibility index (Phi) is 50.6. The Hall–Kier alpha value is -2.96. The van der Waals surface area contributed by atoms with Gasteiger partial charge in [-0.15, -0.1) is 0 Å². The Bertz CT molecular complexity index is 1260. The van der Waals surface area contributed by atoms with E-state index < -0.39 is 18.2 Å². The molecule has 0 aromatic heterocycles. The lowest BCUT2D eigenvalue weighted by Crippen LogP contribution is -2.46. The van der Waals surface area contributed by atoms with Crippen LogP contribution in [0.3, 0.4) is 0 Å². The molecule has 0 aliphatic heterocycles. The highest BCUT2D eigenvalue weighted by atomic mass is 16.5. The van der Waals surface area contributed by atoms with Gasteiger partial charge in [0.05, 0.1) is 25.2 Å². The molecule has 0 fully saturated rings. The SMILES string of the molecule is CC/C=C\C/C=C\C/C=C\C/C=C\C/C=C\CCCC(=O)OC(CCCCCCCCC/C=C\C/C=C\CCCCC)CC(=O)NC(CO)C(O)CCCCCCCCCCCCCCC. The maximum atomic E-state index is 13.3. The van der Waals surface area contributed by atoms with Crippen LogP contribution in [-0.2, 0) is 14.3 Å². The van der Waals surface area contributed by atoms with Crippen molar-refractivity contribution in [1.82, 2.24) is 5.32 Å². The number of aliphatic hydroxyl groups is 2. The van der Waals surface area contributed by atoms with Crippen molar-refractivity contribution in [3.63, 3.8) is 0 Å². The highest BCUT2D eigenvalue weighted by molar-refractivity contribution is 5.77. The Morgan fingerprint density at radius 3 is 1.27 bits per heavy atom. The van der Waals surface area contributed by atoms with Crippen LogP contribution in [0.15, 0.2) is 85.1 Å². The molecule has 380 valence electrons. The molecule has 0 saturated carbocycles. The number of rotatable bonds is 49. The molecule has 0 rings (SSSR count). The van der Waals surface area contributed by atoms with Crippen LogP contribution in [0.5, 0.6) is 0 Å². The Morgan fingerprint density at radius 1 is 0.455 bits per heavy atom. The van der Waals surface area contributed by atoms with Crippen molar-refractivity contribution in [3.8, 4) is 0 Å². The molecular formula is C60H105NO5. The fourth-order valence-electron chi connectivity index (χ4n) is 8.03. The van der Waals surface area contributed by atoms with Crippen molar-refractivity contribution in [2.75, 3.05) is 6.61 Å². The van der Waals surface area contributed by atoms with E-state index in [-0.39, 0.29) is 24.9 Å². The summed E-state index contributed by atoms with van der Waals surface area (Å²) in [7, 11) is 0. The molecule has 0 aromatic carbocycles. The quantitative estimate of drug-likeness (QED) is 0.0321. The maximum Gasteiger partial charge on any atom is 0.306 e. The van der Waals surface area contributed by atoms with Crippen LogP contribution >= 0.6 is 0 Å². The zero-order valence-electron chi connectivity index (χ0n) is 43.3. The van der Waals surface area contributed by atoms with E-state index in [0.29, 0.717) is 25.7 Å². The van der Waals surface area contributed by atoms with Crippen LogP contribution in [0.4, 0.5) is 0 Å². The Morgan fingerprint density at radius 2 is 0.818 bits per heavy atom. The van der Waals surface area contributed by atoms with Gasteiger partial charge in [0, 0.05) is 6.42 Å². The molecule has 0 aromatic rings. The molecular weight excluding hydrogens is 815 g/mol. The lowest BCUT2D eigenvalue weighted by molar-refractivity contribution is -0.151. The van der Waals surface area contributed by atoms with E-state index in [0.717, 1.165) is 89.9 Å². The van der Waals surface area contributed by atoms with Crippen LogP contribution in [0.2, 0.25) is 0 Å². The molecule has 0 bridgehead atoms. The van der Waals surface area contributed by atoms with Crippen LogP contribution in [0.25, 0.3) is 0 Å². The van der Waals surface area contributed by atoms with Crippen molar-refractivity contribution >= 4 is 11.9 Å². The van der Waals surface area contributed by atoms with Gasteiger partial charge in [-0.1, -0.05) is 234 Å². The molecule has 0 aliphatic rings. The third kappa shape index (κ3) is 47.5. The van der Waals surface area contributed by atoms with E-state index in [1.807, 2.05) is 0 Å². The zero-order valence-corrected chi connectivity index (χ0v) is 43.3. The standard InChI is InChI=1S/C60H105NO5/c1-4-7-10-13-16-19-22-25-27-29-31-34-36-39-42-45-48-51-56(66-60(65)53-50-47-44-41-38-35-32-30-28-26-23-20-17-14-11-8-5-2)54-59(64)61-57(55-62)58(63)52-49-46-43-40-37-33-24-21-18-15-12-9-6-3/h8,11,16-17,19-20,25-28,32,35,41,44,56-58,62-63H,4-7,9-10,12-15,18,21-24,29-31,33-34,36-40,42-43,45-55H2,1-3H3,(H,61,64)/b11-8-,19-16-,20-17-,27-25-,28-26-,35-32-,44-41-. The number of allylic oxidation sites excluding steroid dienone is 14. The zero-order chi connectivity index (χ0) is 48.1. The number of nitrogens with one attached hydrogen (secondary N) is 1. The van der Waals surface area contributed by atoms with Crippen LogP contribution in [0, 0.1) is 0 Å². The van der Waals surface area contributed by atoms with E-state index in [9.17, 15) is 19.8 Å². The minimum atomic E-state index is -0.804. The third-order valence-corrected chi connectivity index (χ3v) is 12.2. The summed E-state index contributed by atoms with van der Waals surface area (Å²) < 4.78 is 5.92. The van der Waals surface area contributed by atoms with E-state index >= 15 is 0 Å². The summed E-state index contributed by atoms with van der Waals surface area (Å²) in [6, 6.07) is -0.720. The molecule has 6 heteroatoms. The number of carbonyl (C=O) groups excluding carboxylic acids is 2. The van der Waals surface area contributed by atoms with Gasteiger partial charge in [0.1, 0.15) is 6.10 Å². The molecule has 3 atom stereocenters. The second kappa shape index (κ2) is 53.0. The summed E-state index contributed by atoms with van der Waals surface area (Å²) in [4.78, 5) is 26.2. The number of carbonyl (C=O) groups is 2. The first kappa shape index (κ1) is 63.0. The van der Waals surface area contributed by atoms with Crippen LogP contribution in [0.1, 0.15) is 258 Å². The van der Waals surface area contributed by atoms with E-state index in [1.54, 1.807) is 0 Å². The smallest absolute Gasteiger partial charge is 0.306 e. The third-order valence-electron chi connectivity index (χ3n) is 12.2. The summed E-state index contributed by atoms with van der Waals surface area (Å²) >= 11 is 0. The fraction of sp³-hybridized carbons (Fsp3) is 0.733. The van der Waals surface area contributed by atoms with Gasteiger partial charge in [0.2, 0.25) is 5.91 Å². The highest BCUT2D eigenvalue weighted by Gasteiger charge is 2.24. The lowest BCUT2D eigenvalue weighted by atomic mass is 10.0. The summed E-state index contributed by atoms with van der Waals surface area (Å²) in [5.41, 5.74) is 0. The monoisotopic (exact) mass is 920 g/mol. The predicted octanol–water partition coefficient (Wildman–Crippen LogP) is 17.1. The molecule has 0 radical (unpaired) electrons. The number of aliphatic hydroxyl groups excluding tert-OH is 2. The topological polar surface area (TPSA) is 95.9 Å². The molecule has 6 nitrogen and oxygen atoms in total. The van der Waals surface area contributed by atoms with Gasteiger partial charge in [0.25, 0.3) is 0 Å². The Balaban J connectivity index is 4.70. The number of amides is 1. The summed E-state index contributed by atoms with van der Waals surface area (Å²) in [6.45, 7) is 6.34. The molecule has 0 heterocycles. The molecule has 0 spiro atoms. The number of hydrogen-bond acceptors (Lipinski definition) is 5. The van der Waals surface area contributed by atoms with Gasteiger partial charge in [-0.2, -0.15) is 0 Å². The lowest BCUT2D eigenvalue weighted by Gasteiger charge is -2.24. The van der Waals surface area contributed by atoms with E-state index in [4.69, 9.17) is 4.74 Å². The summed E-state index contributed by atoms with van der Waals surface area (Å²) in [5.74, 6) is -0.551. The van der Waals surface area contributed by atoms with Crippen molar-refractivity contribution < 1.29 is 24.5 Å². The van der Waals surface area contributed by atoms with Crippen molar-refractivity contribution in [3.05, 3.63) is 85.1 Å². The van der Waals surface area contributed by atoms with Gasteiger partial charge < -0.3 is 20.3 Å². The van der Waals surface area contributed by atoms with Gasteiger partial charge in [-0.25, -0.2) is 0 Å². The summed E-state index contributed by atoms with van der Waals surface area (Å²) in [6.07, 6.45) is 69.3. The van der Waals surface area contributed by atoms with Gasteiger partial charge >= 0.3 is 5.97 Å². The van der Waals surface area contributed by atoms with E-state index in [2.05, 4.69) is 111 Å². The minimum Gasteiger partial charge on any atom is -0.462 e. The van der Waals surface area contributed by atoms with Gasteiger partial charge in [0.15, 0.2) is 0 Å². The second-order valence-corrected chi connectivity index (χ2v) is 18.6. The first-order valence-corrected chi connectivity index (χ1v) is 27.8. The van der Waals surface area contributed by atoms with Crippen LogP contribution < -0.4 is 5.32 Å². The molecule has 1 amide bonds. The molecule has 3 unspecified atom stereocenters. The largest absolute Gasteiger partial charge is 0.462 e. The van der Waals surface area contributed by atoms with Crippen LogP contribution in [-0.4, -0.2) is 46.9 Å². The minimum absolute atomic E-state index is 0.0463. The molecule has 3 N–H and O–H groups in total. The predicted molar refractivity (Wildman–Crippen MR) is 287 cm³/mol. The van der Waals surface area contributed by atoms with Gasteiger partial charge in [-0.3, -0.25) is 9.59 Å². The highest BCUT2D eigenvalue weighted by Crippen LogP contribution is 2.18. The van der Waals surface area contributed by atoms with Gasteiger partial charge in [-0.05, 0) is 96.3 Å². The normalized spacial score (nSPS) is 13.8. The number of esters is 1. The molecule has 0 saturated heterocycles. The van der Waals surface area contributed by atoms with Crippen molar-refractivity contribution in [1.29, 1.82) is 0 Å². The first-order chi connectivity index (χ1) is 32.5. The average Bonchev–Trinajstić information content (AvgIpc) is 3.31. The molecule has 0 aliphatic carbocycles. The Labute approximate surface area is 408 Å². The summed E-state index contributed by atoms with van der Waals surface area (Å²) in [5, 5.41) is 23.8. The van der Waals surface area contributed by atoms with Crippen molar-refractivity contribution in [2.45, 2.75) is 277 Å². The first-order valence-electron chi connectivity index (χ1n) is 27.8. The number of ether oxygens (including phenoxy) is 1. The van der Waals surface area contributed by atoms with E-state index in [1.165, 1.54) is 116 Å². The average molecular weight is 921 g/mol. The van der Waals surface area contributed by atoms with Crippen molar-refractivity contribution in [2.24, 2.45) is 0 Å². The number of unbranched alkanes of at least 4 members (excludes halogenated alkanes) is 23. The maximum absolute atomic E-state index is 13.3.